The zero-order chi connectivity index (χ0) is 18.3. The fourth-order valence-electron chi connectivity index (χ4n) is 4.57. The third-order valence-corrected chi connectivity index (χ3v) is 5.99. The highest BCUT2D eigenvalue weighted by atomic mass is 19.1. The highest BCUT2D eigenvalue weighted by molar-refractivity contribution is 5.69. The second-order valence-electron chi connectivity index (χ2n) is 7.63. The van der Waals surface area contributed by atoms with E-state index >= 15 is 4.39 Å². The molecule has 0 bridgehead atoms. The minimum atomic E-state index is -1.29. The molecule has 138 valence electrons. The molecule has 1 N–H and O–H groups in total. The Hall–Kier alpha value is -2.24. The summed E-state index contributed by atoms with van der Waals surface area (Å²) in [4.78, 5) is 15.0. The number of benzene rings is 1. The van der Waals surface area contributed by atoms with Crippen LogP contribution < -0.4 is 0 Å². The predicted octanol–water partition coefficient (Wildman–Crippen LogP) is 4.75. The molecule has 0 amide bonds. The molecule has 1 aromatic heterocycles. The van der Waals surface area contributed by atoms with E-state index in [4.69, 9.17) is 5.11 Å². The van der Waals surface area contributed by atoms with E-state index in [1.807, 2.05) is 10.6 Å². The van der Waals surface area contributed by atoms with E-state index in [0.717, 1.165) is 11.3 Å². The molecule has 6 heteroatoms. The molecule has 2 heterocycles. The van der Waals surface area contributed by atoms with Crippen molar-refractivity contribution in [3.05, 3.63) is 42.1 Å². The zero-order valence-electron chi connectivity index (χ0n) is 14.5. The SMILES string of the molecule is O=C(O)CC1CCC(F)(CCC2c3c(F)cccc3-c3cncn32)CC1. The quantitative estimate of drug-likeness (QED) is 0.837. The van der Waals surface area contributed by atoms with Crippen LogP contribution in [0.3, 0.4) is 0 Å². The van der Waals surface area contributed by atoms with Gasteiger partial charge in [0.15, 0.2) is 0 Å². The first-order chi connectivity index (χ1) is 12.5. The van der Waals surface area contributed by atoms with Gasteiger partial charge in [0.25, 0.3) is 0 Å². The summed E-state index contributed by atoms with van der Waals surface area (Å²) in [5, 5.41) is 8.90. The fourth-order valence-corrected chi connectivity index (χ4v) is 4.57. The van der Waals surface area contributed by atoms with Crippen LogP contribution in [0.1, 0.15) is 56.6 Å². The van der Waals surface area contributed by atoms with Gasteiger partial charge in [-0.05, 0) is 50.5 Å². The predicted molar refractivity (Wildman–Crippen MR) is 93.0 cm³/mol. The largest absolute Gasteiger partial charge is 0.481 e. The summed E-state index contributed by atoms with van der Waals surface area (Å²) in [5.41, 5.74) is 1.06. The van der Waals surface area contributed by atoms with Gasteiger partial charge in [0, 0.05) is 17.5 Å². The number of aromatic nitrogens is 2. The van der Waals surface area contributed by atoms with Gasteiger partial charge in [-0.1, -0.05) is 12.1 Å². The lowest BCUT2D eigenvalue weighted by atomic mass is 9.76. The van der Waals surface area contributed by atoms with E-state index in [2.05, 4.69) is 4.98 Å². The molecule has 1 fully saturated rings. The molecule has 26 heavy (non-hydrogen) atoms. The molecule has 4 rings (SSSR count). The minimum Gasteiger partial charge on any atom is -0.481 e. The summed E-state index contributed by atoms with van der Waals surface area (Å²) in [6.07, 6.45) is 6.38. The molecule has 0 spiro atoms. The van der Waals surface area contributed by atoms with Crippen LogP contribution >= 0.6 is 0 Å². The van der Waals surface area contributed by atoms with Crippen LogP contribution in [0.4, 0.5) is 8.78 Å². The van der Waals surface area contributed by atoms with Crippen LogP contribution in [0.15, 0.2) is 30.7 Å². The molecular formula is C20H22F2N2O2. The maximum Gasteiger partial charge on any atom is 0.303 e. The van der Waals surface area contributed by atoms with Gasteiger partial charge in [-0.3, -0.25) is 4.79 Å². The summed E-state index contributed by atoms with van der Waals surface area (Å²) < 4.78 is 31.6. The number of imidazole rings is 1. The van der Waals surface area contributed by atoms with E-state index in [1.54, 1.807) is 18.6 Å². The van der Waals surface area contributed by atoms with Crippen molar-refractivity contribution < 1.29 is 18.7 Å². The molecule has 2 aromatic rings. The molecule has 1 aliphatic heterocycles. The molecule has 0 radical (unpaired) electrons. The number of nitrogens with zero attached hydrogens (tertiary/aromatic N) is 2. The van der Waals surface area contributed by atoms with Crippen molar-refractivity contribution in [2.75, 3.05) is 0 Å². The van der Waals surface area contributed by atoms with Crippen LogP contribution in [0.2, 0.25) is 0 Å². The number of hydrogen-bond acceptors (Lipinski definition) is 2. The van der Waals surface area contributed by atoms with E-state index in [1.165, 1.54) is 6.07 Å². The van der Waals surface area contributed by atoms with E-state index in [0.29, 0.717) is 44.1 Å². The Morgan fingerprint density at radius 2 is 2.12 bits per heavy atom. The molecule has 1 aliphatic carbocycles. The van der Waals surface area contributed by atoms with Crippen molar-refractivity contribution in [2.24, 2.45) is 5.92 Å². The Morgan fingerprint density at radius 1 is 1.35 bits per heavy atom. The molecular weight excluding hydrogens is 338 g/mol. The van der Waals surface area contributed by atoms with Gasteiger partial charge >= 0.3 is 5.97 Å². The number of carboxylic acid groups (broad SMARTS) is 1. The van der Waals surface area contributed by atoms with Gasteiger partial charge in [0.1, 0.15) is 11.5 Å². The lowest BCUT2D eigenvalue weighted by Gasteiger charge is -2.34. The number of alkyl halides is 1. The molecule has 1 atom stereocenters. The average molecular weight is 360 g/mol. The van der Waals surface area contributed by atoms with Crippen LogP contribution in [0, 0.1) is 11.7 Å². The average Bonchev–Trinajstić information content (AvgIpc) is 3.17. The molecule has 2 aliphatic rings. The first-order valence-corrected chi connectivity index (χ1v) is 9.18. The van der Waals surface area contributed by atoms with E-state index < -0.39 is 11.6 Å². The van der Waals surface area contributed by atoms with Crippen molar-refractivity contribution in [1.29, 1.82) is 0 Å². The number of rotatable bonds is 5. The smallest absolute Gasteiger partial charge is 0.303 e. The van der Waals surface area contributed by atoms with Gasteiger partial charge in [0.2, 0.25) is 0 Å². The second-order valence-corrected chi connectivity index (χ2v) is 7.63. The van der Waals surface area contributed by atoms with E-state index in [9.17, 15) is 9.18 Å². The number of halogens is 2. The lowest BCUT2D eigenvalue weighted by molar-refractivity contribution is -0.138. The van der Waals surface area contributed by atoms with Crippen molar-refractivity contribution in [1.82, 2.24) is 9.55 Å². The van der Waals surface area contributed by atoms with Crippen molar-refractivity contribution >= 4 is 5.97 Å². The Kier molecular flexibility index (Phi) is 4.29. The molecule has 1 aromatic carbocycles. The standard InChI is InChI=1S/C20H22F2N2O2/c21-15-3-1-2-14-17-11-23-12-24(17)16(19(14)15)6-9-20(22)7-4-13(5-8-20)10-18(25)26/h1-3,11-13,16H,4-10H2,(H,25,26). The van der Waals surface area contributed by atoms with Crippen molar-refractivity contribution in [2.45, 2.75) is 56.7 Å². The van der Waals surface area contributed by atoms with Gasteiger partial charge in [-0.25, -0.2) is 13.8 Å². The third kappa shape index (κ3) is 3.02. The Morgan fingerprint density at radius 3 is 2.85 bits per heavy atom. The monoisotopic (exact) mass is 360 g/mol. The summed E-state index contributed by atoms with van der Waals surface area (Å²) >= 11 is 0. The maximum atomic E-state index is 15.2. The summed E-state index contributed by atoms with van der Waals surface area (Å²) in [6, 6.07) is 4.80. The van der Waals surface area contributed by atoms with Crippen molar-refractivity contribution in [3.63, 3.8) is 0 Å². The van der Waals surface area contributed by atoms with Gasteiger partial charge in [-0.2, -0.15) is 0 Å². The highest BCUT2D eigenvalue weighted by Crippen LogP contribution is 2.46. The second kappa shape index (κ2) is 6.49. The maximum absolute atomic E-state index is 15.2. The lowest BCUT2D eigenvalue weighted by Crippen LogP contribution is -2.31. The van der Waals surface area contributed by atoms with Gasteiger partial charge < -0.3 is 9.67 Å². The first kappa shape index (κ1) is 17.2. The number of aliphatic carboxylic acids is 1. The van der Waals surface area contributed by atoms with Crippen LogP contribution in [-0.2, 0) is 4.79 Å². The molecule has 1 saturated carbocycles. The molecule has 1 unspecified atom stereocenters. The van der Waals surface area contributed by atoms with Crippen LogP contribution in [0.25, 0.3) is 11.3 Å². The topological polar surface area (TPSA) is 55.1 Å². The first-order valence-electron chi connectivity index (χ1n) is 9.18. The normalized spacial score (nSPS) is 27.2. The highest BCUT2D eigenvalue weighted by Gasteiger charge is 2.38. The Balaban J connectivity index is 1.47. The van der Waals surface area contributed by atoms with E-state index in [-0.39, 0.29) is 24.2 Å². The van der Waals surface area contributed by atoms with Crippen LogP contribution in [0.5, 0.6) is 0 Å². The van der Waals surface area contributed by atoms with Crippen LogP contribution in [-0.4, -0.2) is 26.3 Å². The Bertz CT molecular complexity index is 825. The molecule has 0 saturated heterocycles. The molecule has 4 nitrogen and oxygen atoms in total. The minimum absolute atomic E-state index is 0.0706. The number of fused-ring (bicyclic) bond motifs is 3. The zero-order valence-corrected chi connectivity index (χ0v) is 14.5. The number of carboxylic acids is 1. The van der Waals surface area contributed by atoms with Crippen molar-refractivity contribution in [3.8, 4) is 11.3 Å². The number of hydrogen-bond donors (Lipinski definition) is 1. The van der Waals surface area contributed by atoms with Gasteiger partial charge in [0.05, 0.1) is 24.3 Å². The number of carbonyl (C=O) groups is 1. The fraction of sp³-hybridized carbons (Fsp3) is 0.500. The third-order valence-electron chi connectivity index (χ3n) is 5.99. The summed E-state index contributed by atoms with van der Waals surface area (Å²) in [5.74, 6) is -0.998. The Labute approximate surface area is 150 Å². The summed E-state index contributed by atoms with van der Waals surface area (Å²) in [6.45, 7) is 0. The summed E-state index contributed by atoms with van der Waals surface area (Å²) in [7, 11) is 0. The van der Waals surface area contributed by atoms with Gasteiger partial charge in [-0.15, -0.1) is 0 Å².